The van der Waals surface area contributed by atoms with E-state index >= 15 is 0 Å². The average molecular weight is 140 g/mol. The maximum atomic E-state index is 4.60. The van der Waals surface area contributed by atoms with Crippen molar-refractivity contribution in [2.45, 2.75) is 51.5 Å². The zero-order valence-corrected chi connectivity index (χ0v) is 6.97. The molecule has 1 saturated carbocycles. The van der Waals surface area contributed by atoms with Gasteiger partial charge in [0.15, 0.2) is 0 Å². The smallest absolute Gasteiger partial charge is 0.0246 e. The monoisotopic (exact) mass is 140 g/mol. The molecule has 0 heterocycles. The first kappa shape index (κ1) is 8.06. The number of hydrogen-bond acceptors (Lipinski definition) is 0. The van der Waals surface area contributed by atoms with Gasteiger partial charge in [-0.2, -0.15) is 0 Å². The fraction of sp³-hybridized carbons (Fsp3) is 1.00. The van der Waals surface area contributed by atoms with Crippen LogP contribution in [-0.2, 0) is 0 Å². The van der Waals surface area contributed by atoms with E-state index in [1.165, 1.54) is 38.5 Å². The van der Waals surface area contributed by atoms with E-state index in [1.807, 2.05) is 0 Å². The maximum Gasteiger partial charge on any atom is 0.0246 e. The lowest BCUT2D eigenvalue weighted by Gasteiger charge is -2.20. The van der Waals surface area contributed by atoms with Crippen molar-refractivity contribution < 1.29 is 0 Å². The van der Waals surface area contributed by atoms with Crippen LogP contribution in [0.25, 0.3) is 0 Å². The Morgan fingerprint density at radius 1 is 1.20 bits per heavy atom. The van der Waals surface area contributed by atoms with Gasteiger partial charge >= 0.3 is 0 Å². The summed E-state index contributed by atoms with van der Waals surface area (Å²) in [6.07, 6.45) is 8.21. The lowest BCUT2D eigenvalue weighted by atomic mass is 9.95. The topological polar surface area (TPSA) is 14.1 Å². The number of hydrogen-bond donors (Lipinski definition) is 0. The van der Waals surface area contributed by atoms with E-state index in [2.05, 4.69) is 12.2 Å². The molecule has 0 aromatic rings. The summed E-state index contributed by atoms with van der Waals surface area (Å²) in [6.45, 7) is 3.29. The summed E-state index contributed by atoms with van der Waals surface area (Å²) < 4.78 is 0. The Labute approximate surface area is 64.2 Å². The third-order valence-corrected chi connectivity index (χ3v) is 2.19. The normalized spacial score (nSPS) is 21.3. The van der Waals surface area contributed by atoms with Crippen molar-refractivity contribution in [3.63, 3.8) is 0 Å². The zero-order chi connectivity index (χ0) is 7.23. The van der Waals surface area contributed by atoms with Gasteiger partial charge in [-0.25, -0.2) is 5.32 Å². The Balaban J connectivity index is 2.02. The fourth-order valence-corrected chi connectivity index (χ4v) is 1.58. The predicted molar refractivity (Wildman–Crippen MR) is 44.2 cm³/mol. The first-order valence-corrected chi connectivity index (χ1v) is 4.60. The maximum absolute atomic E-state index is 4.60. The van der Waals surface area contributed by atoms with Gasteiger partial charge in [-0.05, 0) is 19.3 Å². The quantitative estimate of drug-likeness (QED) is 0.571. The minimum absolute atomic E-state index is 0.730. The largest absolute Gasteiger partial charge is 0.238 e. The Morgan fingerprint density at radius 3 is 2.50 bits per heavy atom. The molecule has 10 heavy (non-hydrogen) atoms. The van der Waals surface area contributed by atoms with Gasteiger partial charge in [-0.3, -0.25) is 0 Å². The van der Waals surface area contributed by atoms with Gasteiger partial charge in [-0.15, -0.1) is 0 Å². The first-order valence-electron chi connectivity index (χ1n) is 4.60. The van der Waals surface area contributed by atoms with Gasteiger partial charge in [0.1, 0.15) is 0 Å². The van der Waals surface area contributed by atoms with E-state index in [4.69, 9.17) is 0 Å². The van der Waals surface area contributed by atoms with Crippen LogP contribution >= 0.6 is 0 Å². The van der Waals surface area contributed by atoms with Crippen LogP contribution in [0.4, 0.5) is 0 Å². The van der Waals surface area contributed by atoms with Gasteiger partial charge in [0, 0.05) is 12.6 Å². The summed E-state index contributed by atoms with van der Waals surface area (Å²) in [7, 11) is 0. The van der Waals surface area contributed by atoms with Crippen LogP contribution in [0.3, 0.4) is 0 Å². The zero-order valence-electron chi connectivity index (χ0n) is 6.97. The molecule has 1 fully saturated rings. The molecule has 0 N–H and O–H groups in total. The standard InChI is InChI=1S/C9H18N/c1-2-8-10-9-6-4-3-5-7-9/h9H,2-8H2,1H3. The van der Waals surface area contributed by atoms with Crippen molar-refractivity contribution in [1.82, 2.24) is 5.32 Å². The molecular weight excluding hydrogens is 122 g/mol. The van der Waals surface area contributed by atoms with Crippen LogP contribution in [0.1, 0.15) is 45.4 Å². The summed E-state index contributed by atoms with van der Waals surface area (Å²) in [4.78, 5) is 0. The molecule has 0 saturated heterocycles. The van der Waals surface area contributed by atoms with Gasteiger partial charge in [0.05, 0.1) is 0 Å². The molecule has 1 heteroatoms. The molecule has 1 rings (SSSR count). The lowest BCUT2D eigenvalue weighted by Crippen LogP contribution is -2.25. The highest BCUT2D eigenvalue weighted by Gasteiger charge is 2.12. The highest BCUT2D eigenvalue weighted by molar-refractivity contribution is 4.70. The Bertz CT molecular complexity index is 74.8. The molecule has 0 bridgehead atoms. The van der Waals surface area contributed by atoms with E-state index in [1.54, 1.807) is 0 Å². The molecule has 0 aromatic carbocycles. The molecule has 0 spiro atoms. The van der Waals surface area contributed by atoms with Crippen molar-refractivity contribution in [3.8, 4) is 0 Å². The van der Waals surface area contributed by atoms with E-state index in [0.29, 0.717) is 0 Å². The van der Waals surface area contributed by atoms with Crippen molar-refractivity contribution in [2.24, 2.45) is 0 Å². The predicted octanol–water partition coefficient (Wildman–Crippen LogP) is 2.33. The Morgan fingerprint density at radius 2 is 1.90 bits per heavy atom. The van der Waals surface area contributed by atoms with Crippen LogP contribution in [-0.4, -0.2) is 12.6 Å². The van der Waals surface area contributed by atoms with E-state index < -0.39 is 0 Å². The molecule has 0 aromatic heterocycles. The fourth-order valence-electron chi connectivity index (χ4n) is 1.58. The molecule has 1 aliphatic rings. The average Bonchev–Trinajstić information content (AvgIpc) is 2.03. The van der Waals surface area contributed by atoms with Crippen molar-refractivity contribution in [2.75, 3.05) is 6.54 Å². The molecule has 1 nitrogen and oxygen atoms in total. The highest BCUT2D eigenvalue weighted by Crippen LogP contribution is 2.17. The van der Waals surface area contributed by atoms with Gasteiger partial charge in [0.2, 0.25) is 0 Å². The van der Waals surface area contributed by atoms with Crippen molar-refractivity contribution >= 4 is 0 Å². The van der Waals surface area contributed by atoms with Crippen molar-refractivity contribution in [1.29, 1.82) is 0 Å². The van der Waals surface area contributed by atoms with Crippen molar-refractivity contribution in [3.05, 3.63) is 0 Å². The van der Waals surface area contributed by atoms with E-state index in [9.17, 15) is 0 Å². The molecule has 0 aliphatic heterocycles. The van der Waals surface area contributed by atoms with Gasteiger partial charge < -0.3 is 0 Å². The summed E-state index contributed by atoms with van der Waals surface area (Å²) in [5, 5.41) is 4.60. The second-order valence-corrected chi connectivity index (χ2v) is 3.20. The Hall–Kier alpha value is -0.0400. The van der Waals surface area contributed by atoms with Crippen LogP contribution in [0.5, 0.6) is 0 Å². The SMILES string of the molecule is CCC[N]C1CCCCC1. The molecule has 0 unspecified atom stereocenters. The second kappa shape index (κ2) is 4.73. The van der Waals surface area contributed by atoms with Gasteiger partial charge in [-0.1, -0.05) is 26.2 Å². The summed E-state index contributed by atoms with van der Waals surface area (Å²) >= 11 is 0. The lowest BCUT2D eigenvalue weighted by molar-refractivity contribution is 0.368. The summed E-state index contributed by atoms with van der Waals surface area (Å²) in [6, 6.07) is 0.730. The second-order valence-electron chi connectivity index (χ2n) is 3.20. The van der Waals surface area contributed by atoms with Crippen LogP contribution in [0.15, 0.2) is 0 Å². The highest BCUT2D eigenvalue weighted by atomic mass is 14.9. The summed E-state index contributed by atoms with van der Waals surface area (Å²) in [5.74, 6) is 0. The van der Waals surface area contributed by atoms with Crippen LogP contribution in [0.2, 0.25) is 0 Å². The minimum atomic E-state index is 0.730. The minimum Gasteiger partial charge on any atom is -0.238 e. The molecule has 1 aliphatic carbocycles. The van der Waals surface area contributed by atoms with E-state index in [-0.39, 0.29) is 0 Å². The molecule has 1 radical (unpaired) electrons. The van der Waals surface area contributed by atoms with Gasteiger partial charge in [0.25, 0.3) is 0 Å². The summed E-state index contributed by atoms with van der Waals surface area (Å²) in [5.41, 5.74) is 0. The molecule has 0 amide bonds. The molecular formula is C9H18N. The first-order chi connectivity index (χ1) is 4.93. The third-order valence-electron chi connectivity index (χ3n) is 2.19. The molecule has 59 valence electrons. The number of rotatable bonds is 3. The Kier molecular flexibility index (Phi) is 3.81. The number of nitrogens with zero attached hydrogens (tertiary/aromatic N) is 1. The van der Waals surface area contributed by atoms with E-state index in [0.717, 1.165) is 12.6 Å². The third kappa shape index (κ3) is 2.70. The van der Waals surface area contributed by atoms with Crippen LogP contribution < -0.4 is 5.32 Å². The van der Waals surface area contributed by atoms with Crippen LogP contribution in [0, 0.1) is 0 Å². The molecule has 0 atom stereocenters.